The lowest BCUT2D eigenvalue weighted by Crippen LogP contribution is -2.30. The third-order valence-corrected chi connectivity index (χ3v) is 2.59. The van der Waals surface area contributed by atoms with Gasteiger partial charge in [0.1, 0.15) is 6.04 Å². The van der Waals surface area contributed by atoms with Crippen molar-refractivity contribution in [1.82, 2.24) is 0 Å². The monoisotopic (exact) mass is 217 g/mol. The largest absolute Gasteiger partial charge is 0.480 e. The molecule has 0 spiro atoms. The van der Waals surface area contributed by atoms with Crippen molar-refractivity contribution in [2.24, 2.45) is 5.73 Å². The Kier molecular flexibility index (Phi) is 8.71. The highest BCUT2D eigenvalue weighted by atomic mass is 32.2. The molecule has 0 aliphatic rings. The molecule has 0 saturated heterocycles. The van der Waals surface area contributed by atoms with Crippen LogP contribution in [0.1, 0.15) is 27.2 Å². The predicted octanol–water partition coefficient (Wildman–Crippen LogP) is 1.57. The molecule has 3 N–H and O–H groups in total. The molecular formula is C10H19NO2S. The zero-order valence-corrected chi connectivity index (χ0v) is 9.80. The van der Waals surface area contributed by atoms with Gasteiger partial charge in [-0.2, -0.15) is 11.8 Å². The number of thioether (sulfide) groups is 1. The summed E-state index contributed by atoms with van der Waals surface area (Å²) in [5.74, 6) is -0.110. The van der Waals surface area contributed by atoms with Gasteiger partial charge < -0.3 is 10.8 Å². The molecule has 4 heteroatoms. The molecule has 0 bridgehead atoms. The van der Waals surface area contributed by atoms with Crippen LogP contribution in [0.2, 0.25) is 0 Å². The van der Waals surface area contributed by atoms with Crippen LogP contribution in [0.4, 0.5) is 0 Å². The van der Waals surface area contributed by atoms with E-state index in [2.05, 4.69) is 33.6 Å². The fourth-order valence-corrected chi connectivity index (χ4v) is 1.60. The van der Waals surface area contributed by atoms with E-state index in [9.17, 15) is 4.79 Å². The van der Waals surface area contributed by atoms with Gasteiger partial charge in [0.25, 0.3) is 0 Å². The van der Waals surface area contributed by atoms with Crippen LogP contribution in [0.15, 0.2) is 0 Å². The molecule has 3 nitrogen and oxygen atoms in total. The highest BCUT2D eigenvalue weighted by Gasteiger charge is 2.14. The van der Waals surface area contributed by atoms with Gasteiger partial charge in [-0.3, -0.25) is 4.79 Å². The number of hydrogen-bond acceptors (Lipinski definition) is 3. The van der Waals surface area contributed by atoms with Gasteiger partial charge in [-0.05, 0) is 12.2 Å². The summed E-state index contributed by atoms with van der Waals surface area (Å²) in [7, 11) is 0. The summed E-state index contributed by atoms with van der Waals surface area (Å²) >= 11 is 1.74. The average molecular weight is 217 g/mol. The number of carboxylic acid groups (broad SMARTS) is 1. The number of aliphatic carboxylic acids is 1. The van der Waals surface area contributed by atoms with Gasteiger partial charge in [-0.1, -0.05) is 20.8 Å². The summed E-state index contributed by atoms with van der Waals surface area (Å²) in [6.45, 7) is 6.30. The molecule has 0 aromatic rings. The van der Waals surface area contributed by atoms with Crippen LogP contribution in [0.3, 0.4) is 0 Å². The van der Waals surface area contributed by atoms with E-state index in [4.69, 9.17) is 10.8 Å². The molecule has 82 valence electrons. The maximum atomic E-state index is 10.3. The van der Waals surface area contributed by atoms with Crippen molar-refractivity contribution >= 4 is 17.7 Å². The first-order chi connectivity index (χ1) is 6.33. The molecule has 0 aromatic heterocycles. The van der Waals surface area contributed by atoms with Crippen LogP contribution in [-0.2, 0) is 4.79 Å². The molecule has 1 atom stereocenters. The van der Waals surface area contributed by atoms with Crippen LogP contribution in [0.5, 0.6) is 0 Å². The fraction of sp³-hybridized carbons (Fsp3) is 0.700. The number of carboxylic acids is 1. The maximum Gasteiger partial charge on any atom is 0.320 e. The Morgan fingerprint density at radius 1 is 1.50 bits per heavy atom. The normalized spacial score (nSPS) is 12.4. The molecule has 14 heavy (non-hydrogen) atoms. The fourth-order valence-electron chi connectivity index (χ4n) is 0.616. The summed E-state index contributed by atoms with van der Waals surface area (Å²) in [5, 5.41) is 8.48. The minimum Gasteiger partial charge on any atom is -0.480 e. The lowest BCUT2D eigenvalue weighted by Gasteiger charge is -2.17. The summed E-state index contributed by atoms with van der Waals surface area (Å²) < 4.78 is 0.193. The average Bonchev–Trinajstić information content (AvgIpc) is 2.05. The highest BCUT2D eigenvalue weighted by molar-refractivity contribution is 8.00. The summed E-state index contributed by atoms with van der Waals surface area (Å²) in [5.41, 5.74) is 5.33. The first-order valence-corrected chi connectivity index (χ1v) is 5.27. The van der Waals surface area contributed by atoms with Gasteiger partial charge in [0.15, 0.2) is 0 Å². The van der Waals surface area contributed by atoms with Gasteiger partial charge in [0, 0.05) is 4.75 Å². The van der Waals surface area contributed by atoms with E-state index in [1.165, 1.54) is 0 Å². The van der Waals surface area contributed by atoms with Crippen molar-refractivity contribution in [2.45, 2.75) is 38.0 Å². The van der Waals surface area contributed by atoms with Crippen LogP contribution < -0.4 is 5.73 Å². The van der Waals surface area contributed by atoms with E-state index >= 15 is 0 Å². The van der Waals surface area contributed by atoms with Crippen LogP contribution in [-0.4, -0.2) is 27.6 Å². The Bertz CT molecular complexity index is 184. The number of hydrogen-bond donors (Lipinski definition) is 2. The van der Waals surface area contributed by atoms with Crippen molar-refractivity contribution in [1.29, 1.82) is 0 Å². The number of terminal acetylenes is 1. The van der Waals surface area contributed by atoms with Gasteiger partial charge >= 0.3 is 5.97 Å². The molecule has 0 rings (SSSR count). The van der Waals surface area contributed by atoms with E-state index < -0.39 is 12.0 Å². The van der Waals surface area contributed by atoms with Crippen molar-refractivity contribution in [3.8, 4) is 12.8 Å². The third-order valence-electron chi connectivity index (χ3n) is 1.28. The SMILES string of the molecule is C#C.CC(C)(C)SCC[C@H](N)C(=O)O. The number of carbonyl (C=O) groups is 1. The first kappa shape index (κ1) is 15.8. The van der Waals surface area contributed by atoms with Crippen molar-refractivity contribution in [3.63, 3.8) is 0 Å². The molecule has 0 heterocycles. The Labute approximate surface area is 90.4 Å². The van der Waals surface area contributed by atoms with E-state index in [0.29, 0.717) is 6.42 Å². The Morgan fingerprint density at radius 2 is 1.93 bits per heavy atom. The van der Waals surface area contributed by atoms with Crippen molar-refractivity contribution in [2.75, 3.05) is 5.75 Å². The van der Waals surface area contributed by atoms with Crippen LogP contribution >= 0.6 is 11.8 Å². The molecule has 0 saturated carbocycles. The van der Waals surface area contributed by atoms with E-state index in [-0.39, 0.29) is 4.75 Å². The lowest BCUT2D eigenvalue weighted by atomic mass is 10.2. The summed E-state index contributed by atoms with van der Waals surface area (Å²) in [6.07, 6.45) is 8.54. The van der Waals surface area contributed by atoms with Gasteiger partial charge in [0.2, 0.25) is 0 Å². The van der Waals surface area contributed by atoms with Crippen molar-refractivity contribution < 1.29 is 9.90 Å². The second kappa shape index (κ2) is 7.72. The minimum absolute atomic E-state index is 0.193. The van der Waals surface area contributed by atoms with Gasteiger partial charge in [-0.25, -0.2) is 0 Å². The molecule has 0 fully saturated rings. The minimum atomic E-state index is -0.912. The predicted molar refractivity (Wildman–Crippen MR) is 62.3 cm³/mol. The topological polar surface area (TPSA) is 63.3 Å². The molecule has 0 amide bonds. The second-order valence-electron chi connectivity index (χ2n) is 3.69. The van der Waals surface area contributed by atoms with Gasteiger partial charge in [0.05, 0.1) is 0 Å². The molecule has 0 aliphatic heterocycles. The number of nitrogens with two attached hydrogens (primary N) is 1. The smallest absolute Gasteiger partial charge is 0.320 e. The van der Waals surface area contributed by atoms with Crippen LogP contribution in [0.25, 0.3) is 0 Å². The quantitative estimate of drug-likeness (QED) is 0.702. The lowest BCUT2D eigenvalue weighted by molar-refractivity contribution is -0.138. The first-order valence-electron chi connectivity index (χ1n) is 4.28. The molecule has 0 unspecified atom stereocenters. The zero-order chi connectivity index (χ0) is 11.8. The Hall–Kier alpha value is -0.660. The summed E-state index contributed by atoms with van der Waals surface area (Å²) in [4.78, 5) is 10.3. The zero-order valence-electron chi connectivity index (χ0n) is 8.99. The molecule has 0 aliphatic carbocycles. The van der Waals surface area contributed by atoms with Gasteiger partial charge in [-0.15, -0.1) is 12.8 Å². The third kappa shape index (κ3) is 11.3. The number of rotatable bonds is 4. The van der Waals surface area contributed by atoms with E-state index in [1.807, 2.05) is 0 Å². The molecule has 0 radical (unpaired) electrons. The summed E-state index contributed by atoms with van der Waals surface area (Å²) in [6, 6.07) is -0.708. The Morgan fingerprint density at radius 3 is 2.21 bits per heavy atom. The van der Waals surface area contributed by atoms with Crippen molar-refractivity contribution in [3.05, 3.63) is 0 Å². The standard InChI is InChI=1S/C8H17NO2S.C2H2/c1-8(2,3)12-5-4-6(9)7(10)11;1-2/h6H,4-5,9H2,1-3H3,(H,10,11);1-2H/t6-;/m0./s1. The van der Waals surface area contributed by atoms with Crippen LogP contribution in [0, 0.1) is 12.8 Å². The second-order valence-corrected chi connectivity index (χ2v) is 5.62. The van der Waals surface area contributed by atoms with E-state index in [1.54, 1.807) is 11.8 Å². The maximum absolute atomic E-state index is 10.3. The highest BCUT2D eigenvalue weighted by Crippen LogP contribution is 2.23. The molecule has 0 aromatic carbocycles. The Balaban J connectivity index is 0. The van der Waals surface area contributed by atoms with E-state index in [0.717, 1.165) is 5.75 Å². The molecular weight excluding hydrogens is 198 g/mol.